The van der Waals surface area contributed by atoms with Crippen LogP contribution in [0.4, 0.5) is 9.18 Å². The summed E-state index contributed by atoms with van der Waals surface area (Å²) in [4.78, 5) is 28.2. The molecule has 264 valence electrons. The number of aryl methyl sites for hydroxylation is 1. The molecule has 4 rings (SSSR count). The maximum absolute atomic E-state index is 13.6. The molecule has 1 aliphatic heterocycles. The Morgan fingerprint density at radius 3 is 2.48 bits per heavy atom. The fraction of sp³-hybridized carbons (Fsp3) is 0.474. The van der Waals surface area contributed by atoms with Gasteiger partial charge in [0.05, 0.1) is 31.4 Å². The van der Waals surface area contributed by atoms with E-state index >= 15 is 0 Å². The number of aliphatic carboxylic acids is 1. The second-order valence-corrected chi connectivity index (χ2v) is 12.2. The van der Waals surface area contributed by atoms with Crippen LogP contribution in [0.25, 0.3) is 11.1 Å². The summed E-state index contributed by atoms with van der Waals surface area (Å²) in [6, 6.07) is 10.3. The summed E-state index contributed by atoms with van der Waals surface area (Å²) in [5, 5.41) is 10.1. The Balaban J connectivity index is 0.00000193. The monoisotopic (exact) mass is 684 g/mol. The number of methoxy groups -OCH3 is 1. The SMILES string of the molecule is CC.CC.CCOc1cc(CCCN(C)CCC2(C)CN(C3C=CC=C(C(=O)O)C=C3P)C(=O)O2)cc(COC)c1-c1ccc(F)cc1. The second kappa shape index (κ2) is 20.1. The number of amides is 1. The summed E-state index contributed by atoms with van der Waals surface area (Å²) < 4.78 is 31.0. The van der Waals surface area contributed by atoms with Crippen molar-refractivity contribution in [2.45, 2.75) is 79.1 Å². The third-order valence-electron chi connectivity index (χ3n) is 7.89. The first-order valence-corrected chi connectivity index (χ1v) is 17.4. The van der Waals surface area contributed by atoms with Gasteiger partial charge in [-0.25, -0.2) is 14.0 Å². The molecule has 10 heteroatoms. The number of hydrogen-bond donors (Lipinski definition) is 1. The van der Waals surface area contributed by atoms with Crippen LogP contribution in [0.1, 0.15) is 65.5 Å². The zero-order chi connectivity index (χ0) is 35.9. The van der Waals surface area contributed by atoms with E-state index in [1.54, 1.807) is 36.3 Å². The van der Waals surface area contributed by atoms with Crippen LogP contribution in [0.2, 0.25) is 0 Å². The molecule has 1 amide bonds. The summed E-state index contributed by atoms with van der Waals surface area (Å²) >= 11 is 0. The smallest absolute Gasteiger partial charge is 0.411 e. The van der Waals surface area contributed by atoms with Gasteiger partial charge in [-0.05, 0) is 92.6 Å². The average molecular weight is 685 g/mol. The lowest BCUT2D eigenvalue weighted by Gasteiger charge is -2.27. The van der Waals surface area contributed by atoms with Gasteiger partial charge in [-0.3, -0.25) is 4.90 Å². The topological polar surface area (TPSA) is 88.5 Å². The summed E-state index contributed by atoms with van der Waals surface area (Å²) in [7, 11) is 6.28. The Morgan fingerprint density at radius 2 is 1.85 bits per heavy atom. The molecule has 1 fully saturated rings. The molecule has 0 bridgehead atoms. The lowest BCUT2D eigenvalue weighted by atomic mass is 9.95. The van der Waals surface area contributed by atoms with E-state index in [0.29, 0.717) is 31.5 Å². The molecule has 3 atom stereocenters. The van der Waals surface area contributed by atoms with Crippen molar-refractivity contribution in [3.63, 3.8) is 0 Å². The second-order valence-electron chi connectivity index (χ2n) is 11.5. The molecular formula is C38H54FN2O6P. The maximum atomic E-state index is 13.6. The highest BCUT2D eigenvalue weighted by atomic mass is 31.0. The molecule has 2 aliphatic rings. The van der Waals surface area contributed by atoms with Gasteiger partial charge >= 0.3 is 12.1 Å². The van der Waals surface area contributed by atoms with Crippen LogP contribution in [0.5, 0.6) is 5.75 Å². The third kappa shape index (κ3) is 11.3. The summed E-state index contributed by atoms with van der Waals surface area (Å²) in [6.45, 7) is 14.8. The van der Waals surface area contributed by atoms with Crippen molar-refractivity contribution in [3.05, 3.63) is 88.5 Å². The highest BCUT2D eigenvalue weighted by Crippen LogP contribution is 2.36. The summed E-state index contributed by atoms with van der Waals surface area (Å²) in [5.74, 6) is -0.534. The Kier molecular flexibility index (Phi) is 17.0. The van der Waals surface area contributed by atoms with Crippen LogP contribution in [0, 0.1) is 5.82 Å². The van der Waals surface area contributed by atoms with E-state index < -0.39 is 17.7 Å². The van der Waals surface area contributed by atoms with E-state index in [9.17, 15) is 19.1 Å². The normalized spacial score (nSPS) is 18.5. The molecule has 1 N–H and O–H groups in total. The zero-order valence-corrected chi connectivity index (χ0v) is 31.0. The molecule has 2 aromatic carbocycles. The first-order chi connectivity index (χ1) is 23.0. The number of carbonyl (C=O) groups excluding carboxylic acids is 1. The van der Waals surface area contributed by atoms with Gasteiger partial charge in [0.2, 0.25) is 0 Å². The number of carboxylic acids is 1. The first kappa shape index (κ1) is 40.7. The lowest BCUT2D eigenvalue weighted by molar-refractivity contribution is -0.132. The maximum Gasteiger partial charge on any atom is 0.411 e. The van der Waals surface area contributed by atoms with Gasteiger partial charge in [0, 0.05) is 25.6 Å². The summed E-state index contributed by atoms with van der Waals surface area (Å²) in [6.07, 6.45) is 8.60. The largest absolute Gasteiger partial charge is 0.493 e. The van der Waals surface area contributed by atoms with E-state index in [1.165, 1.54) is 18.2 Å². The molecule has 0 spiro atoms. The van der Waals surface area contributed by atoms with Crippen molar-refractivity contribution in [2.24, 2.45) is 0 Å². The number of ether oxygens (including phenoxy) is 3. The van der Waals surface area contributed by atoms with Gasteiger partial charge in [-0.15, -0.1) is 9.24 Å². The number of hydrogen-bond acceptors (Lipinski definition) is 6. The number of benzene rings is 2. The zero-order valence-electron chi connectivity index (χ0n) is 29.8. The van der Waals surface area contributed by atoms with Crippen LogP contribution in [0.3, 0.4) is 0 Å². The standard InChI is InChI=1S/C34H42FN2O6P.2C2H6/c1-5-42-29-19-23(18-26(21-41-4)31(29)24-11-13-27(35)14-12-24)8-7-16-36(3)17-15-34(2)22-37(33(40)43-34)28-10-6-9-25(32(38)39)20-30(28)44;2*1-2/h6,9-14,18-20,28H,5,7-8,15-17,21-22,44H2,1-4H3,(H,38,39);2*1-2H3. The number of allylic oxidation sites excluding steroid dienone is 2. The molecule has 2 aromatic rings. The Bertz CT molecular complexity index is 1410. The van der Waals surface area contributed by atoms with Crippen LogP contribution in [-0.4, -0.2) is 79.0 Å². The average Bonchev–Trinajstić information content (AvgIpc) is 3.23. The van der Waals surface area contributed by atoms with Gasteiger partial charge < -0.3 is 24.2 Å². The molecule has 0 aromatic heterocycles. The lowest BCUT2D eigenvalue weighted by Crippen LogP contribution is -2.39. The molecular weight excluding hydrogens is 630 g/mol. The molecule has 8 nitrogen and oxygen atoms in total. The number of rotatable bonds is 14. The number of carbonyl (C=O) groups is 2. The van der Waals surface area contributed by atoms with E-state index in [0.717, 1.165) is 53.9 Å². The highest BCUT2D eigenvalue weighted by Gasteiger charge is 2.44. The van der Waals surface area contributed by atoms with Crippen LogP contribution in [-0.2, 0) is 27.3 Å². The molecule has 1 saturated heterocycles. The van der Waals surface area contributed by atoms with E-state index in [4.69, 9.17) is 14.2 Å². The van der Waals surface area contributed by atoms with Gasteiger partial charge in [-0.2, -0.15) is 0 Å². The Hall–Kier alpha value is -3.52. The fourth-order valence-corrected chi connectivity index (χ4v) is 6.10. The van der Waals surface area contributed by atoms with Crippen molar-refractivity contribution >= 4 is 21.3 Å². The molecule has 48 heavy (non-hydrogen) atoms. The van der Waals surface area contributed by atoms with Crippen LogP contribution >= 0.6 is 9.24 Å². The van der Waals surface area contributed by atoms with Crippen molar-refractivity contribution in [1.29, 1.82) is 0 Å². The van der Waals surface area contributed by atoms with E-state index in [1.807, 2.05) is 47.6 Å². The number of nitrogens with zero attached hydrogens (tertiary/aromatic N) is 2. The van der Waals surface area contributed by atoms with Crippen molar-refractivity contribution in [3.8, 4) is 16.9 Å². The summed E-state index contributed by atoms with van der Waals surface area (Å²) in [5.41, 5.74) is 3.46. The Labute approximate surface area is 288 Å². The number of carboxylic acid groups (broad SMARTS) is 1. The molecule has 3 unspecified atom stereocenters. The fourth-order valence-electron chi connectivity index (χ4n) is 5.63. The van der Waals surface area contributed by atoms with Crippen molar-refractivity contribution in [1.82, 2.24) is 9.80 Å². The van der Waals surface area contributed by atoms with Crippen LogP contribution < -0.4 is 4.74 Å². The Morgan fingerprint density at radius 1 is 1.17 bits per heavy atom. The van der Waals surface area contributed by atoms with Crippen molar-refractivity contribution < 1.29 is 33.3 Å². The predicted molar refractivity (Wildman–Crippen MR) is 195 cm³/mol. The van der Waals surface area contributed by atoms with E-state index in [-0.39, 0.29) is 17.4 Å². The molecule has 0 saturated carbocycles. The number of cyclic esters (lactones) is 1. The van der Waals surface area contributed by atoms with Crippen molar-refractivity contribution in [2.75, 3.05) is 40.4 Å². The predicted octanol–water partition coefficient (Wildman–Crippen LogP) is 8.26. The van der Waals surface area contributed by atoms with Gasteiger partial charge in [-0.1, -0.05) is 58.0 Å². The molecule has 0 radical (unpaired) electrons. The minimum Gasteiger partial charge on any atom is -0.493 e. The van der Waals surface area contributed by atoms with E-state index in [2.05, 4.69) is 33.3 Å². The highest BCUT2D eigenvalue weighted by molar-refractivity contribution is 7.22. The number of halogens is 1. The first-order valence-electron chi connectivity index (χ1n) is 16.8. The minimum absolute atomic E-state index is 0.165. The molecule has 1 heterocycles. The third-order valence-corrected chi connectivity index (χ3v) is 8.40. The van der Waals surface area contributed by atoms with Gasteiger partial charge in [0.15, 0.2) is 0 Å². The molecule has 1 aliphatic carbocycles. The minimum atomic E-state index is -1.01. The quantitative estimate of drug-likeness (QED) is 0.201. The van der Waals surface area contributed by atoms with Gasteiger partial charge in [0.25, 0.3) is 0 Å². The van der Waals surface area contributed by atoms with Crippen LogP contribution in [0.15, 0.2) is 71.6 Å². The van der Waals surface area contributed by atoms with Gasteiger partial charge in [0.1, 0.15) is 17.2 Å².